The number of aromatic nitrogens is 1. The van der Waals surface area contributed by atoms with Crippen molar-refractivity contribution < 1.29 is 0 Å². The van der Waals surface area contributed by atoms with Crippen molar-refractivity contribution in [1.29, 1.82) is 0 Å². The molecule has 1 heterocycles. The predicted octanol–water partition coefficient (Wildman–Crippen LogP) is 1.83. The number of likely N-dealkylation sites (N-methyl/N-ethyl adjacent to an activating group) is 1. The average molecular weight is 207 g/mol. The quantitative estimate of drug-likeness (QED) is 0.771. The summed E-state index contributed by atoms with van der Waals surface area (Å²) in [7, 11) is 1.98. The molecule has 1 aromatic heterocycles. The molecule has 84 valence electrons. The lowest BCUT2D eigenvalue weighted by molar-refractivity contribution is 0.700. The topological polar surface area (TPSA) is 28.2 Å². The molecule has 0 spiro atoms. The maximum absolute atomic E-state index is 4.45. The number of nitrogens with zero attached hydrogens (tertiary/aromatic N) is 2. The van der Waals surface area contributed by atoms with Crippen LogP contribution in [0.15, 0.2) is 18.3 Å². The van der Waals surface area contributed by atoms with Crippen LogP contribution in [0.5, 0.6) is 0 Å². The van der Waals surface area contributed by atoms with Crippen LogP contribution in [0.3, 0.4) is 0 Å². The van der Waals surface area contributed by atoms with Crippen molar-refractivity contribution in [3.8, 4) is 0 Å². The fourth-order valence-corrected chi connectivity index (χ4v) is 1.65. The lowest BCUT2D eigenvalue weighted by Gasteiger charge is -2.24. The Kier molecular flexibility index (Phi) is 5.12. The Bertz CT molecular complexity index is 286. The number of hydrogen-bond acceptors (Lipinski definition) is 3. The lowest BCUT2D eigenvalue weighted by Crippen LogP contribution is -2.32. The molecule has 0 bridgehead atoms. The first-order valence-electron chi connectivity index (χ1n) is 5.60. The third-order valence-electron chi connectivity index (χ3n) is 2.41. The van der Waals surface area contributed by atoms with Crippen molar-refractivity contribution in [3.05, 3.63) is 23.9 Å². The molecule has 1 aromatic rings. The van der Waals surface area contributed by atoms with Gasteiger partial charge in [0.2, 0.25) is 0 Å². The molecule has 0 aliphatic heterocycles. The van der Waals surface area contributed by atoms with E-state index >= 15 is 0 Å². The minimum Gasteiger partial charge on any atom is -0.355 e. The Labute approximate surface area is 92.5 Å². The molecule has 0 saturated carbocycles. The first-order valence-corrected chi connectivity index (χ1v) is 5.60. The number of pyridine rings is 1. The largest absolute Gasteiger partial charge is 0.355 e. The number of rotatable bonds is 6. The van der Waals surface area contributed by atoms with Crippen molar-refractivity contribution in [2.75, 3.05) is 31.6 Å². The van der Waals surface area contributed by atoms with E-state index in [9.17, 15) is 0 Å². The molecule has 3 nitrogen and oxygen atoms in total. The molecule has 0 aliphatic rings. The molecule has 0 saturated heterocycles. The van der Waals surface area contributed by atoms with Crippen LogP contribution in [-0.4, -0.2) is 31.7 Å². The second kappa shape index (κ2) is 6.40. The summed E-state index contributed by atoms with van der Waals surface area (Å²) in [6.45, 7) is 7.40. The first-order chi connectivity index (χ1) is 7.29. The van der Waals surface area contributed by atoms with Gasteiger partial charge in [0.25, 0.3) is 0 Å². The van der Waals surface area contributed by atoms with Crippen LogP contribution in [0.1, 0.15) is 18.9 Å². The molecule has 0 unspecified atom stereocenters. The fourth-order valence-electron chi connectivity index (χ4n) is 1.65. The van der Waals surface area contributed by atoms with E-state index in [1.807, 2.05) is 19.3 Å². The number of hydrogen-bond donors (Lipinski definition) is 1. The van der Waals surface area contributed by atoms with Crippen LogP contribution in [-0.2, 0) is 0 Å². The Hall–Kier alpha value is -1.09. The maximum atomic E-state index is 4.45. The van der Waals surface area contributed by atoms with Gasteiger partial charge in [0.15, 0.2) is 0 Å². The van der Waals surface area contributed by atoms with E-state index in [0.29, 0.717) is 0 Å². The van der Waals surface area contributed by atoms with E-state index in [-0.39, 0.29) is 0 Å². The molecule has 0 atom stereocenters. The summed E-state index contributed by atoms with van der Waals surface area (Å²) in [6.07, 6.45) is 3.02. The summed E-state index contributed by atoms with van der Waals surface area (Å²) in [4.78, 5) is 6.79. The monoisotopic (exact) mass is 207 g/mol. The normalized spacial score (nSPS) is 10.3. The van der Waals surface area contributed by atoms with Crippen molar-refractivity contribution >= 4 is 5.82 Å². The van der Waals surface area contributed by atoms with Gasteiger partial charge < -0.3 is 10.2 Å². The van der Waals surface area contributed by atoms with Gasteiger partial charge in [-0.2, -0.15) is 0 Å². The van der Waals surface area contributed by atoms with Gasteiger partial charge in [-0.3, -0.25) is 0 Å². The molecule has 15 heavy (non-hydrogen) atoms. The van der Waals surface area contributed by atoms with Crippen LogP contribution >= 0.6 is 0 Å². The molecule has 3 heteroatoms. The van der Waals surface area contributed by atoms with E-state index < -0.39 is 0 Å². The maximum Gasteiger partial charge on any atom is 0.131 e. The SMILES string of the molecule is CCCN(CCNC)c1ncccc1C. The van der Waals surface area contributed by atoms with Gasteiger partial charge in [-0.1, -0.05) is 13.0 Å². The molecule has 1 N–H and O–H groups in total. The standard InChI is InChI=1S/C12H21N3/c1-4-9-15(10-8-13-3)12-11(2)6-5-7-14-12/h5-7,13H,4,8-10H2,1-3H3. The smallest absolute Gasteiger partial charge is 0.131 e. The van der Waals surface area contributed by atoms with Crippen LogP contribution in [0.4, 0.5) is 5.82 Å². The summed E-state index contributed by atoms with van der Waals surface area (Å²) in [6, 6.07) is 4.10. The molecule has 0 aromatic carbocycles. The van der Waals surface area contributed by atoms with Crippen molar-refractivity contribution in [1.82, 2.24) is 10.3 Å². The Balaban J connectivity index is 2.74. The third-order valence-corrected chi connectivity index (χ3v) is 2.41. The Morgan fingerprint density at radius 2 is 2.20 bits per heavy atom. The summed E-state index contributed by atoms with van der Waals surface area (Å²) < 4.78 is 0. The second-order valence-corrected chi connectivity index (χ2v) is 3.73. The third kappa shape index (κ3) is 3.51. The molecule has 0 fully saturated rings. The summed E-state index contributed by atoms with van der Waals surface area (Å²) in [5.41, 5.74) is 1.25. The van der Waals surface area contributed by atoms with Gasteiger partial charge >= 0.3 is 0 Å². The summed E-state index contributed by atoms with van der Waals surface area (Å²) >= 11 is 0. The van der Waals surface area contributed by atoms with Crippen LogP contribution < -0.4 is 10.2 Å². The second-order valence-electron chi connectivity index (χ2n) is 3.73. The van der Waals surface area contributed by atoms with Gasteiger partial charge in [-0.15, -0.1) is 0 Å². The predicted molar refractivity (Wildman–Crippen MR) is 65.4 cm³/mol. The highest BCUT2D eigenvalue weighted by molar-refractivity contribution is 5.45. The average Bonchev–Trinajstić information content (AvgIpc) is 2.25. The zero-order valence-electron chi connectivity index (χ0n) is 9.95. The molecule has 0 radical (unpaired) electrons. The van der Waals surface area contributed by atoms with E-state index in [1.54, 1.807) is 0 Å². The molecule has 0 aliphatic carbocycles. The minimum absolute atomic E-state index is 0.996. The highest BCUT2D eigenvalue weighted by atomic mass is 15.2. The summed E-state index contributed by atoms with van der Waals surface area (Å²) in [5.74, 6) is 1.12. The summed E-state index contributed by atoms with van der Waals surface area (Å²) in [5, 5.41) is 3.18. The van der Waals surface area contributed by atoms with Gasteiger partial charge in [0.1, 0.15) is 5.82 Å². The first kappa shape index (κ1) is 12.0. The zero-order valence-corrected chi connectivity index (χ0v) is 9.95. The van der Waals surface area contributed by atoms with Gasteiger partial charge in [-0.05, 0) is 32.0 Å². The Morgan fingerprint density at radius 1 is 1.40 bits per heavy atom. The minimum atomic E-state index is 0.996. The van der Waals surface area contributed by atoms with E-state index in [4.69, 9.17) is 0 Å². The highest BCUT2D eigenvalue weighted by Gasteiger charge is 2.08. The van der Waals surface area contributed by atoms with Crippen molar-refractivity contribution in [2.45, 2.75) is 20.3 Å². The van der Waals surface area contributed by atoms with Gasteiger partial charge in [0.05, 0.1) is 0 Å². The van der Waals surface area contributed by atoms with Gasteiger partial charge in [0, 0.05) is 25.8 Å². The molecule has 1 rings (SSSR count). The fraction of sp³-hybridized carbons (Fsp3) is 0.583. The Morgan fingerprint density at radius 3 is 2.80 bits per heavy atom. The number of nitrogens with one attached hydrogen (secondary N) is 1. The van der Waals surface area contributed by atoms with Crippen molar-refractivity contribution in [2.24, 2.45) is 0 Å². The lowest BCUT2D eigenvalue weighted by atomic mass is 10.2. The van der Waals surface area contributed by atoms with E-state index in [0.717, 1.165) is 31.9 Å². The zero-order chi connectivity index (χ0) is 11.1. The molecular formula is C12H21N3. The number of aryl methyl sites for hydroxylation is 1. The van der Waals surface area contributed by atoms with Crippen molar-refractivity contribution in [3.63, 3.8) is 0 Å². The number of anilines is 1. The van der Waals surface area contributed by atoms with E-state index in [2.05, 4.69) is 35.1 Å². The molecule has 0 amide bonds. The van der Waals surface area contributed by atoms with Crippen LogP contribution in [0.2, 0.25) is 0 Å². The van der Waals surface area contributed by atoms with Gasteiger partial charge in [-0.25, -0.2) is 4.98 Å². The molecular weight excluding hydrogens is 186 g/mol. The highest BCUT2D eigenvalue weighted by Crippen LogP contribution is 2.15. The van der Waals surface area contributed by atoms with Crippen LogP contribution in [0.25, 0.3) is 0 Å². The van der Waals surface area contributed by atoms with E-state index in [1.165, 1.54) is 5.56 Å². The van der Waals surface area contributed by atoms with Crippen LogP contribution in [0, 0.1) is 6.92 Å².